The number of aliphatic carboxylic acids is 1. The van der Waals surface area contributed by atoms with Gasteiger partial charge in [0.05, 0.1) is 15.6 Å². The van der Waals surface area contributed by atoms with Crippen molar-refractivity contribution in [2.75, 3.05) is 18.5 Å². The van der Waals surface area contributed by atoms with E-state index in [1.807, 2.05) is 13.0 Å². The fraction of sp³-hybridized carbons (Fsp3) is 0.150. The van der Waals surface area contributed by atoms with Crippen LogP contribution in [0, 0.1) is 11.3 Å². The number of carboxylic acid groups (broad SMARTS) is 1. The van der Waals surface area contributed by atoms with Crippen LogP contribution in [0.1, 0.15) is 12.5 Å². The van der Waals surface area contributed by atoms with Gasteiger partial charge < -0.3 is 19.9 Å². The maximum absolute atomic E-state index is 12.4. The van der Waals surface area contributed by atoms with Crippen LogP contribution in [0.15, 0.2) is 50.9 Å². The smallest absolute Gasteiger partial charge is 0.341 e. The van der Waals surface area contributed by atoms with E-state index in [0.29, 0.717) is 38.3 Å². The fourth-order valence-electron chi connectivity index (χ4n) is 2.25. The Balaban J connectivity index is 2.18. The molecule has 0 radical (unpaired) electrons. The molecule has 0 aliphatic rings. The minimum atomic E-state index is -1.11. The Kier molecular flexibility index (Phi) is 8.24. The molecule has 0 saturated carbocycles. The molecule has 0 aromatic heterocycles. The first-order chi connectivity index (χ1) is 13.8. The van der Waals surface area contributed by atoms with Crippen LogP contribution in [0.3, 0.4) is 0 Å². The number of rotatable bonds is 8. The number of amides is 1. The minimum Gasteiger partial charge on any atom is -0.494 e. The van der Waals surface area contributed by atoms with E-state index in [1.54, 1.807) is 36.4 Å². The highest BCUT2D eigenvalue weighted by Crippen LogP contribution is 2.35. The lowest BCUT2D eigenvalue weighted by Gasteiger charge is -2.10. The molecule has 0 atom stereocenters. The van der Waals surface area contributed by atoms with Gasteiger partial charge in [0.1, 0.15) is 23.1 Å². The third kappa shape index (κ3) is 6.62. The molecule has 0 aliphatic carbocycles. The van der Waals surface area contributed by atoms with Crippen LogP contribution in [0.2, 0.25) is 0 Å². The SMILES string of the molecule is CCOc1ccc(NC(=O)/C(C#N)=C\c2cc(Br)c(OCC(=O)O)c(Br)c2)cc1. The summed E-state index contributed by atoms with van der Waals surface area (Å²) in [5.74, 6) is -0.677. The predicted molar refractivity (Wildman–Crippen MR) is 115 cm³/mol. The number of ether oxygens (including phenoxy) is 2. The van der Waals surface area contributed by atoms with Crippen LogP contribution in [-0.2, 0) is 9.59 Å². The molecular weight excluding hydrogens is 508 g/mol. The topological polar surface area (TPSA) is 109 Å². The van der Waals surface area contributed by atoms with Gasteiger partial charge in [0.2, 0.25) is 0 Å². The molecule has 1 amide bonds. The first-order valence-electron chi connectivity index (χ1n) is 8.33. The zero-order chi connectivity index (χ0) is 21.4. The highest BCUT2D eigenvalue weighted by atomic mass is 79.9. The van der Waals surface area contributed by atoms with E-state index in [4.69, 9.17) is 14.6 Å². The zero-order valence-corrected chi connectivity index (χ0v) is 18.4. The van der Waals surface area contributed by atoms with Crippen molar-refractivity contribution in [1.29, 1.82) is 5.26 Å². The van der Waals surface area contributed by atoms with Gasteiger partial charge in [-0.25, -0.2) is 4.79 Å². The second-order valence-corrected chi connectivity index (χ2v) is 7.29. The Morgan fingerprint density at radius 2 is 1.79 bits per heavy atom. The fourth-order valence-corrected chi connectivity index (χ4v) is 3.70. The average Bonchev–Trinajstić information content (AvgIpc) is 2.67. The van der Waals surface area contributed by atoms with Crippen LogP contribution >= 0.6 is 31.9 Å². The van der Waals surface area contributed by atoms with Gasteiger partial charge in [-0.05, 0) is 86.8 Å². The molecule has 2 rings (SSSR count). The van der Waals surface area contributed by atoms with Crippen molar-refractivity contribution < 1.29 is 24.2 Å². The quantitative estimate of drug-likeness (QED) is 0.386. The van der Waals surface area contributed by atoms with Crippen molar-refractivity contribution in [3.05, 3.63) is 56.5 Å². The lowest BCUT2D eigenvalue weighted by molar-refractivity contribution is -0.139. The number of hydrogen-bond acceptors (Lipinski definition) is 5. The molecule has 0 spiro atoms. The van der Waals surface area contributed by atoms with E-state index in [2.05, 4.69) is 37.2 Å². The Bertz CT molecular complexity index is 958. The van der Waals surface area contributed by atoms with E-state index in [-0.39, 0.29) is 5.57 Å². The van der Waals surface area contributed by atoms with Crippen molar-refractivity contribution in [2.45, 2.75) is 6.92 Å². The van der Waals surface area contributed by atoms with Gasteiger partial charge in [-0.2, -0.15) is 5.26 Å². The Morgan fingerprint density at radius 1 is 1.17 bits per heavy atom. The summed E-state index contributed by atoms with van der Waals surface area (Å²) < 4.78 is 11.5. The summed E-state index contributed by atoms with van der Waals surface area (Å²) in [7, 11) is 0. The van der Waals surface area contributed by atoms with Crippen LogP contribution in [-0.4, -0.2) is 30.2 Å². The largest absolute Gasteiger partial charge is 0.494 e. The molecule has 0 aliphatic heterocycles. The minimum absolute atomic E-state index is 0.100. The molecule has 0 bridgehead atoms. The Morgan fingerprint density at radius 3 is 2.31 bits per heavy atom. The number of halogens is 2. The lowest BCUT2D eigenvalue weighted by atomic mass is 10.1. The second kappa shape index (κ2) is 10.6. The van der Waals surface area contributed by atoms with Gasteiger partial charge in [-0.3, -0.25) is 4.79 Å². The van der Waals surface area contributed by atoms with Gasteiger partial charge in [0.25, 0.3) is 5.91 Å². The molecule has 29 heavy (non-hydrogen) atoms. The van der Waals surface area contributed by atoms with Crippen molar-refractivity contribution in [1.82, 2.24) is 0 Å². The summed E-state index contributed by atoms with van der Waals surface area (Å²) in [5, 5.41) is 20.8. The molecule has 2 N–H and O–H groups in total. The number of nitriles is 1. The molecular formula is C20H16Br2N2O5. The summed E-state index contributed by atoms with van der Waals surface area (Å²) in [6.07, 6.45) is 1.42. The second-order valence-electron chi connectivity index (χ2n) is 5.58. The number of carboxylic acids is 1. The number of nitrogens with one attached hydrogen (secondary N) is 1. The van der Waals surface area contributed by atoms with Crippen LogP contribution in [0.5, 0.6) is 11.5 Å². The molecule has 0 unspecified atom stereocenters. The number of hydrogen-bond donors (Lipinski definition) is 2. The van der Waals surface area contributed by atoms with Crippen molar-refractivity contribution in [3.8, 4) is 17.6 Å². The first-order valence-corrected chi connectivity index (χ1v) is 9.92. The van der Waals surface area contributed by atoms with Crippen LogP contribution < -0.4 is 14.8 Å². The number of benzene rings is 2. The Hall–Kier alpha value is -2.83. The van der Waals surface area contributed by atoms with Gasteiger partial charge in [-0.15, -0.1) is 0 Å². The van der Waals surface area contributed by atoms with Gasteiger partial charge in [0, 0.05) is 5.69 Å². The molecule has 0 fully saturated rings. The molecule has 150 valence electrons. The molecule has 7 nitrogen and oxygen atoms in total. The van der Waals surface area contributed by atoms with Crippen LogP contribution in [0.25, 0.3) is 6.08 Å². The Labute approximate surface area is 184 Å². The zero-order valence-electron chi connectivity index (χ0n) is 15.2. The number of nitrogens with zero attached hydrogens (tertiary/aromatic N) is 1. The van der Waals surface area contributed by atoms with E-state index in [9.17, 15) is 14.9 Å². The van der Waals surface area contributed by atoms with Gasteiger partial charge in [0.15, 0.2) is 6.61 Å². The molecule has 0 heterocycles. The number of anilines is 1. The van der Waals surface area contributed by atoms with E-state index < -0.39 is 18.5 Å². The third-order valence-electron chi connectivity index (χ3n) is 3.46. The lowest BCUT2D eigenvalue weighted by Crippen LogP contribution is -2.13. The van der Waals surface area contributed by atoms with E-state index >= 15 is 0 Å². The van der Waals surface area contributed by atoms with E-state index in [1.165, 1.54) is 6.08 Å². The standard InChI is InChI=1S/C20H16Br2N2O5/c1-2-28-15-5-3-14(4-6-15)24-20(27)13(10-23)7-12-8-16(21)19(17(22)9-12)29-11-18(25)26/h3-9H,2,11H2,1H3,(H,24,27)(H,25,26)/b13-7-. The third-order valence-corrected chi connectivity index (χ3v) is 4.64. The molecule has 2 aromatic rings. The summed E-state index contributed by atoms with van der Waals surface area (Å²) in [4.78, 5) is 23.1. The maximum Gasteiger partial charge on any atom is 0.341 e. The molecule has 0 saturated heterocycles. The van der Waals surface area contributed by atoms with Gasteiger partial charge in [-0.1, -0.05) is 0 Å². The summed E-state index contributed by atoms with van der Waals surface area (Å²) in [5.41, 5.74) is 0.973. The van der Waals surface area contributed by atoms with E-state index in [0.717, 1.165) is 0 Å². The van der Waals surface area contributed by atoms with Crippen molar-refractivity contribution >= 4 is 55.5 Å². The summed E-state index contributed by atoms with van der Waals surface area (Å²) >= 11 is 6.60. The normalized spacial score (nSPS) is 10.8. The average molecular weight is 524 g/mol. The maximum atomic E-state index is 12.4. The van der Waals surface area contributed by atoms with Crippen molar-refractivity contribution in [2.24, 2.45) is 0 Å². The van der Waals surface area contributed by atoms with Crippen LogP contribution in [0.4, 0.5) is 5.69 Å². The van der Waals surface area contributed by atoms with Gasteiger partial charge >= 0.3 is 5.97 Å². The number of carbonyl (C=O) groups excluding carboxylic acids is 1. The number of carbonyl (C=O) groups is 2. The predicted octanol–water partition coefficient (Wildman–Crippen LogP) is 4.62. The highest BCUT2D eigenvalue weighted by molar-refractivity contribution is 9.11. The first kappa shape index (κ1) is 22.5. The summed E-state index contributed by atoms with van der Waals surface area (Å²) in [6, 6.07) is 11.9. The molecule has 2 aromatic carbocycles. The highest BCUT2D eigenvalue weighted by Gasteiger charge is 2.13. The monoisotopic (exact) mass is 522 g/mol. The molecule has 9 heteroatoms. The van der Waals surface area contributed by atoms with Crippen molar-refractivity contribution in [3.63, 3.8) is 0 Å². The summed E-state index contributed by atoms with van der Waals surface area (Å²) in [6.45, 7) is 1.92.